The van der Waals surface area contributed by atoms with E-state index in [0.29, 0.717) is 16.3 Å². The van der Waals surface area contributed by atoms with Crippen LogP contribution in [-0.4, -0.2) is 25.1 Å². The molecule has 4 rings (SSSR count). The zero-order valence-electron chi connectivity index (χ0n) is 16.2. The largest absolute Gasteiger partial charge is 0.481 e. The van der Waals surface area contributed by atoms with Gasteiger partial charge >= 0.3 is 5.97 Å². The highest BCUT2D eigenvalue weighted by Gasteiger charge is 2.30. The minimum absolute atomic E-state index is 0.314. The molecule has 0 saturated heterocycles. The summed E-state index contributed by atoms with van der Waals surface area (Å²) in [6.07, 6.45) is 1.02. The van der Waals surface area contributed by atoms with E-state index in [0.717, 1.165) is 28.8 Å². The Morgan fingerprint density at radius 1 is 1.03 bits per heavy atom. The highest BCUT2D eigenvalue weighted by atomic mass is 32.1. The smallest absolute Gasteiger partial charge is 0.341 e. The Labute approximate surface area is 173 Å². The minimum Gasteiger partial charge on any atom is -0.481 e. The third-order valence-electron chi connectivity index (χ3n) is 4.94. The quantitative estimate of drug-likeness (QED) is 0.623. The Kier molecular flexibility index (Phi) is 5.36. The number of carbonyl (C=O) groups excluding carboxylic acids is 2. The number of nitrogens with one attached hydrogen (secondary N) is 1. The van der Waals surface area contributed by atoms with Gasteiger partial charge in [0.2, 0.25) is 0 Å². The number of anilines is 1. The Morgan fingerprint density at radius 3 is 2.52 bits per heavy atom. The van der Waals surface area contributed by atoms with E-state index in [1.54, 1.807) is 19.1 Å². The van der Waals surface area contributed by atoms with E-state index in [9.17, 15) is 9.59 Å². The monoisotopic (exact) mass is 407 g/mol. The number of carbonyl (C=O) groups is 2. The van der Waals surface area contributed by atoms with Crippen molar-refractivity contribution in [1.29, 1.82) is 0 Å². The standard InChI is InChI=1S/C23H21NO4S/c1-14(28-16-9-4-3-5-10-16)21(25)24-22-20(23(26)27-2)19-17-11-7-6-8-15(17)12-13-18(19)29-22/h3-11,14H,12-13H2,1-2H3,(H,24,25). The van der Waals surface area contributed by atoms with E-state index in [4.69, 9.17) is 9.47 Å². The van der Waals surface area contributed by atoms with Crippen molar-refractivity contribution >= 4 is 28.2 Å². The highest BCUT2D eigenvalue weighted by Crippen LogP contribution is 2.45. The van der Waals surface area contributed by atoms with Gasteiger partial charge in [-0.3, -0.25) is 4.79 Å². The van der Waals surface area contributed by atoms with Gasteiger partial charge in [0.1, 0.15) is 16.3 Å². The van der Waals surface area contributed by atoms with Gasteiger partial charge in [-0.05, 0) is 43.0 Å². The van der Waals surface area contributed by atoms with Crippen LogP contribution >= 0.6 is 11.3 Å². The Balaban J connectivity index is 1.65. The van der Waals surface area contributed by atoms with Crippen LogP contribution in [0.3, 0.4) is 0 Å². The molecule has 5 nitrogen and oxygen atoms in total. The molecular formula is C23H21NO4S. The maximum Gasteiger partial charge on any atom is 0.341 e. The second-order valence-corrected chi connectivity index (χ2v) is 7.92. The van der Waals surface area contributed by atoms with E-state index >= 15 is 0 Å². The predicted octanol–water partition coefficient (Wildman–Crippen LogP) is 4.71. The molecular weight excluding hydrogens is 386 g/mol. The van der Waals surface area contributed by atoms with Crippen molar-refractivity contribution in [3.63, 3.8) is 0 Å². The van der Waals surface area contributed by atoms with Crippen molar-refractivity contribution in [1.82, 2.24) is 0 Å². The van der Waals surface area contributed by atoms with E-state index < -0.39 is 12.1 Å². The Hall–Kier alpha value is -3.12. The lowest BCUT2D eigenvalue weighted by Gasteiger charge is -2.17. The summed E-state index contributed by atoms with van der Waals surface area (Å²) in [5, 5.41) is 3.39. The van der Waals surface area contributed by atoms with Gasteiger partial charge in [-0.2, -0.15) is 0 Å². The summed E-state index contributed by atoms with van der Waals surface area (Å²) >= 11 is 1.43. The molecule has 148 valence electrons. The molecule has 1 unspecified atom stereocenters. The van der Waals surface area contributed by atoms with Crippen molar-refractivity contribution in [2.45, 2.75) is 25.9 Å². The number of fused-ring (bicyclic) bond motifs is 3. The molecule has 0 saturated carbocycles. The van der Waals surface area contributed by atoms with Gasteiger partial charge in [-0.1, -0.05) is 42.5 Å². The maximum absolute atomic E-state index is 12.8. The van der Waals surface area contributed by atoms with Gasteiger partial charge in [0.15, 0.2) is 6.10 Å². The van der Waals surface area contributed by atoms with E-state index in [1.165, 1.54) is 24.0 Å². The van der Waals surface area contributed by atoms with Gasteiger partial charge in [0.25, 0.3) is 5.91 Å². The van der Waals surface area contributed by atoms with Crippen LogP contribution < -0.4 is 10.1 Å². The second kappa shape index (κ2) is 8.09. The number of hydrogen-bond acceptors (Lipinski definition) is 5. The van der Waals surface area contributed by atoms with Gasteiger partial charge < -0.3 is 14.8 Å². The lowest BCUT2D eigenvalue weighted by Crippen LogP contribution is -2.30. The molecule has 1 aliphatic carbocycles. The van der Waals surface area contributed by atoms with E-state index in [2.05, 4.69) is 11.4 Å². The fraction of sp³-hybridized carbons (Fsp3) is 0.217. The van der Waals surface area contributed by atoms with Gasteiger partial charge in [-0.25, -0.2) is 4.79 Å². The molecule has 1 aliphatic rings. The summed E-state index contributed by atoms with van der Waals surface area (Å²) in [4.78, 5) is 26.5. The van der Waals surface area contributed by atoms with Crippen LogP contribution in [0.15, 0.2) is 54.6 Å². The normalized spacial score (nSPS) is 13.0. The van der Waals surface area contributed by atoms with Crippen LogP contribution in [0.2, 0.25) is 0 Å². The summed E-state index contributed by atoms with van der Waals surface area (Å²) in [6, 6.07) is 17.2. The Morgan fingerprint density at radius 2 is 1.76 bits per heavy atom. The molecule has 0 spiro atoms. The SMILES string of the molecule is COC(=O)c1c(NC(=O)C(C)Oc2ccccc2)sc2c1-c1ccccc1CC2. The summed E-state index contributed by atoms with van der Waals surface area (Å²) in [7, 11) is 1.36. The number of ether oxygens (including phenoxy) is 2. The third-order valence-corrected chi connectivity index (χ3v) is 6.11. The average Bonchev–Trinajstić information content (AvgIpc) is 3.12. The average molecular weight is 407 g/mol. The third kappa shape index (κ3) is 3.76. The summed E-state index contributed by atoms with van der Waals surface area (Å²) in [5.74, 6) is -0.153. The predicted molar refractivity (Wildman–Crippen MR) is 114 cm³/mol. The van der Waals surface area contributed by atoms with Crippen molar-refractivity contribution in [2.24, 2.45) is 0 Å². The zero-order valence-corrected chi connectivity index (χ0v) is 17.0. The number of rotatable bonds is 5. The van der Waals surface area contributed by atoms with Crippen molar-refractivity contribution in [3.8, 4) is 16.9 Å². The van der Waals surface area contributed by atoms with E-state index in [-0.39, 0.29) is 5.91 Å². The van der Waals surface area contributed by atoms with Crippen LogP contribution in [0.5, 0.6) is 5.75 Å². The molecule has 6 heteroatoms. The van der Waals surface area contributed by atoms with Crippen molar-refractivity contribution in [2.75, 3.05) is 12.4 Å². The molecule has 29 heavy (non-hydrogen) atoms. The number of aryl methyl sites for hydroxylation is 2. The van der Waals surface area contributed by atoms with Crippen LogP contribution in [-0.2, 0) is 22.4 Å². The van der Waals surface area contributed by atoms with Crippen LogP contribution in [0.25, 0.3) is 11.1 Å². The minimum atomic E-state index is -0.714. The first-order valence-electron chi connectivity index (χ1n) is 9.43. The fourth-order valence-corrected chi connectivity index (χ4v) is 4.73. The fourth-order valence-electron chi connectivity index (χ4n) is 3.52. The molecule has 2 aromatic carbocycles. The van der Waals surface area contributed by atoms with Gasteiger partial charge in [0, 0.05) is 10.4 Å². The van der Waals surface area contributed by atoms with Crippen LogP contribution in [0.1, 0.15) is 27.7 Å². The number of benzene rings is 2. The summed E-state index contributed by atoms with van der Waals surface area (Å²) < 4.78 is 10.7. The zero-order chi connectivity index (χ0) is 20.4. The van der Waals surface area contributed by atoms with Crippen LogP contribution in [0.4, 0.5) is 5.00 Å². The summed E-state index contributed by atoms with van der Waals surface area (Å²) in [6.45, 7) is 1.68. The highest BCUT2D eigenvalue weighted by molar-refractivity contribution is 7.17. The number of esters is 1. The first-order valence-corrected chi connectivity index (χ1v) is 10.2. The molecule has 1 N–H and O–H groups in total. The number of methoxy groups -OCH3 is 1. The number of para-hydroxylation sites is 1. The van der Waals surface area contributed by atoms with Crippen LogP contribution in [0, 0.1) is 0 Å². The first-order chi connectivity index (χ1) is 14.1. The Bertz CT molecular complexity index is 1060. The second-order valence-electron chi connectivity index (χ2n) is 6.82. The first kappa shape index (κ1) is 19.2. The van der Waals surface area contributed by atoms with Gasteiger partial charge in [0.05, 0.1) is 7.11 Å². The summed E-state index contributed by atoms with van der Waals surface area (Å²) in [5.41, 5.74) is 3.51. The molecule has 0 fully saturated rings. The molecule has 0 bridgehead atoms. The van der Waals surface area contributed by atoms with Gasteiger partial charge in [-0.15, -0.1) is 11.3 Å². The van der Waals surface area contributed by atoms with E-state index in [1.807, 2.05) is 36.4 Å². The molecule has 1 aromatic heterocycles. The lowest BCUT2D eigenvalue weighted by molar-refractivity contribution is -0.122. The molecule has 1 heterocycles. The molecule has 0 aliphatic heterocycles. The number of amides is 1. The lowest BCUT2D eigenvalue weighted by atomic mass is 9.88. The molecule has 1 amide bonds. The topological polar surface area (TPSA) is 64.6 Å². The molecule has 3 aromatic rings. The number of thiophene rings is 1. The number of hydrogen-bond donors (Lipinski definition) is 1. The molecule has 1 atom stereocenters. The van der Waals surface area contributed by atoms with Crippen molar-refractivity contribution in [3.05, 3.63) is 70.6 Å². The molecule has 0 radical (unpaired) electrons. The van der Waals surface area contributed by atoms with Crippen molar-refractivity contribution < 1.29 is 19.1 Å². The maximum atomic E-state index is 12.8.